The maximum Gasteiger partial charge on any atom is 0.641 e. The van der Waals surface area contributed by atoms with E-state index in [-0.39, 0.29) is 24.6 Å². The van der Waals surface area contributed by atoms with Crippen LogP contribution in [-0.2, 0) is 18.8 Å². The first-order valence-electron chi connectivity index (χ1n) is 14.3. The van der Waals surface area contributed by atoms with Crippen molar-refractivity contribution in [2.75, 3.05) is 26.4 Å². The van der Waals surface area contributed by atoms with Gasteiger partial charge < -0.3 is 28.3 Å². The summed E-state index contributed by atoms with van der Waals surface area (Å²) in [4.78, 5) is 45.3. The number of hydrogen-bond acceptors (Lipinski definition) is 12. The molecule has 0 aliphatic heterocycles. The maximum absolute atomic E-state index is 12.3. The molecule has 0 aliphatic carbocycles. The lowest BCUT2D eigenvalue weighted by Crippen LogP contribution is -2.41. The third kappa shape index (κ3) is 13.2. The van der Waals surface area contributed by atoms with Crippen LogP contribution in [0.25, 0.3) is 0 Å². The molecule has 0 N–H and O–H groups in total. The van der Waals surface area contributed by atoms with Crippen molar-refractivity contribution in [2.45, 2.75) is 38.5 Å². The molecule has 0 heterocycles. The Balaban J connectivity index is 1.30. The number of rotatable bonds is 19. The van der Waals surface area contributed by atoms with E-state index in [0.717, 1.165) is 0 Å². The number of ether oxygens (including phenoxy) is 4. The first-order valence-corrected chi connectivity index (χ1v) is 14.3. The van der Waals surface area contributed by atoms with Crippen LogP contribution in [0.1, 0.15) is 38.5 Å². The van der Waals surface area contributed by atoms with Gasteiger partial charge in [-0.3, -0.25) is 20.2 Å². The summed E-state index contributed by atoms with van der Waals surface area (Å²) in [6.07, 6.45) is 1.58. The van der Waals surface area contributed by atoms with Crippen molar-refractivity contribution in [2.24, 2.45) is 0 Å². The highest BCUT2D eigenvalue weighted by molar-refractivity contribution is 6.64. The Morgan fingerprint density at radius 3 is 1.47 bits per heavy atom. The van der Waals surface area contributed by atoms with E-state index in [9.17, 15) is 29.8 Å². The van der Waals surface area contributed by atoms with E-state index in [1.807, 2.05) is 0 Å². The van der Waals surface area contributed by atoms with Gasteiger partial charge in [0.25, 0.3) is 11.4 Å². The van der Waals surface area contributed by atoms with Crippen molar-refractivity contribution in [3.8, 4) is 11.5 Å². The molecular weight excluding hydrogens is 591 g/mol. The molecule has 0 radical (unpaired) electrons. The lowest BCUT2D eigenvalue weighted by atomic mass is 9.79. The SMILES string of the molecule is O=C(OCCCCCOc1cccc([N+](=O)[O-])c1)OB(OC(=O)OCCCCCOc1cccc([N+](=O)[O-])c1)c1ccccc1. The molecule has 0 amide bonds. The lowest BCUT2D eigenvalue weighted by molar-refractivity contribution is -0.385. The molecule has 0 saturated carbocycles. The molecule has 0 saturated heterocycles. The van der Waals surface area contributed by atoms with Gasteiger partial charge in [0, 0.05) is 17.6 Å². The molecule has 45 heavy (non-hydrogen) atoms. The quantitative estimate of drug-likeness (QED) is 0.0500. The smallest absolute Gasteiger partial charge is 0.493 e. The average Bonchev–Trinajstić information content (AvgIpc) is 3.04. The van der Waals surface area contributed by atoms with Crippen molar-refractivity contribution in [3.63, 3.8) is 0 Å². The van der Waals surface area contributed by atoms with Crippen molar-refractivity contribution < 1.29 is 47.7 Å². The molecule has 0 bridgehead atoms. The van der Waals surface area contributed by atoms with Crippen LogP contribution < -0.4 is 14.9 Å². The van der Waals surface area contributed by atoms with Gasteiger partial charge in [-0.2, -0.15) is 0 Å². The molecule has 0 atom stereocenters. The van der Waals surface area contributed by atoms with Crippen molar-refractivity contribution in [1.82, 2.24) is 0 Å². The Kier molecular flexibility index (Phi) is 14.5. The van der Waals surface area contributed by atoms with Crippen LogP contribution in [-0.4, -0.2) is 55.7 Å². The summed E-state index contributed by atoms with van der Waals surface area (Å²) in [6, 6.07) is 20.2. The van der Waals surface area contributed by atoms with Gasteiger partial charge in [-0.25, -0.2) is 9.59 Å². The maximum atomic E-state index is 12.3. The second-order valence-electron chi connectivity index (χ2n) is 9.50. The zero-order chi connectivity index (χ0) is 32.3. The number of hydrogen-bond donors (Lipinski definition) is 0. The van der Waals surface area contributed by atoms with Crippen LogP contribution in [0.15, 0.2) is 78.9 Å². The first-order chi connectivity index (χ1) is 21.8. The van der Waals surface area contributed by atoms with Crippen LogP contribution in [0, 0.1) is 20.2 Å². The fourth-order valence-corrected chi connectivity index (χ4v) is 3.84. The van der Waals surface area contributed by atoms with Gasteiger partial charge in [0.05, 0.1) is 48.4 Å². The summed E-state index contributed by atoms with van der Waals surface area (Å²) >= 11 is 0. The first kappa shape index (κ1) is 34.2. The predicted molar refractivity (Wildman–Crippen MR) is 162 cm³/mol. The lowest BCUT2D eigenvalue weighted by Gasteiger charge is -2.14. The predicted octanol–water partition coefficient (Wildman–Crippen LogP) is 6.00. The fraction of sp³-hybridized carbons (Fsp3) is 0.333. The standard InChI is InChI=1S/C30H33BN2O12/c34-29(42-20-8-2-6-18-40-27-16-10-14-25(22-27)32(36)37)44-31(24-12-4-1-5-13-24)45-30(35)43-21-9-3-7-19-41-28-17-11-15-26(23-28)33(38)39/h1,4-5,10-17,22-23H,2-3,6-9,18-21H2. The molecule has 15 heteroatoms. The Bertz CT molecular complexity index is 1310. The topological polar surface area (TPSA) is 176 Å². The Labute approximate surface area is 259 Å². The van der Waals surface area contributed by atoms with E-state index >= 15 is 0 Å². The molecule has 238 valence electrons. The Morgan fingerprint density at radius 1 is 0.578 bits per heavy atom. The largest absolute Gasteiger partial charge is 0.641 e. The van der Waals surface area contributed by atoms with E-state index in [4.69, 9.17) is 28.3 Å². The van der Waals surface area contributed by atoms with Gasteiger partial charge in [0.15, 0.2) is 0 Å². The van der Waals surface area contributed by atoms with Gasteiger partial charge in [-0.15, -0.1) is 0 Å². The van der Waals surface area contributed by atoms with Crippen molar-refractivity contribution in [3.05, 3.63) is 99.1 Å². The fourth-order valence-electron chi connectivity index (χ4n) is 3.84. The summed E-state index contributed by atoms with van der Waals surface area (Å²) < 4.78 is 31.7. The van der Waals surface area contributed by atoms with Gasteiger partial charge in [-0.05, 0) is 50.7 Å². The number of carbonyl (C=O) groups is 2. The number of unbranched alkanes of at least 4 members (excludes halogenated alkanes) is 4. The van der Waals surface area contributed by atoms with Gasteiger partial charge >= 0.3 is 19.4 Å². The summed E-state index contributed by atoms with van der Waals surface area (Å²) in [5.74, 6) is 0.805. The average molecular weight is 624 g/mol. The molecule has 3 aromatic carbocycles. The van der Waals surface area contributed by atoms with E-state index < -0.39 is 29.3 Å². The van der Waals surface area contributed by atoms with Crippen LogP contribution in [0.3, 0.4) is 0 Å². The highest BCUT2D eigenvalue weighted by atomic mass is 16.8. The van der Waals surface area contributed by atoms with Crippen LogP contribution in [0.2, 0.25) is 0 Å². The van der Waals surface area contributed by atoms with Crippen molar-refractivity contribution in [1.29, 1.82) is 0 Å². The zero-order valence-electron chi connectivity index (χ0n) is 24.4. The summed E-state index contributed by atoms with van der Waals surface area (Å²) in [7, 11) is -1.38. The minimum absolute atomic E-state index is 0.0506. The van der Waals surface area contributed by atoms with Crippen LogP contribution >= 0.6 is 0 Å². The van der Waals surface area contributed by atoms with Crippen LogP contribution in [0.5, 0.6) is 11.5 Å². The molecule has 0 unspecified atom stereocenters. The van der Waals surface area contributed by atoms with Gasteiger partial charge in [-0.1, -0.05) is 42.5 Å². The second-order valence-corrected chi connectivity index (χ2v) is 9.50. The number of nitro groups is 2. The Morgan fingerprint density at radius 2 is 1.02 bits per heavy atom. The van der Waals surface area contributed by atoms with E-state index in [1.54, 1.807) is 54.6 Å². The summed E-state index contributed by atoms with van der Waals surface area (Å²) in [5.41, 5.74) is 0.304. The molecule has 0 spiro atoms. The molecule has 0 aliphatic rings. The van der Waals surface area contributed by atoms with E-state index in [2.05, 4.69) is 0 Å². The summed E-state index contributed by atoms with van der Waals surface area (Å²) in [6.45, 7) is 0.802. The zero-order valence-corrected chi connectivity index (χ0v) is 24.4. The Hall–Kier alpha value is -5.34. The monoisotopic (exact) mass is 624 g/mol. The number of nitrogens with zero attached hydrogens (tertiary/aromatic N) is 2. The minimum atomic E-state index is -1.38. The molecule has 3 aromatic rings. The minimum Gasteiger partial charge on any atom is -0.493 e. The molecule has 14 nitrogen and oxygen atoms in total. The normalized spacial score (nSPS) is 10.3. The van der Waals surface area contributed by atoms with E-state index in [1.165, 1.54) is 24.3 Å². The third-order valence-electron chi connectivity index (χ3n) is 6.09. The van der Waals surface area contributed by atoms with E-state index in [0.29, 0.717) is 68.7 Å². The molecule has 0 aromatic heterocycles. The third-order valence-corrected chi connectivity index (χ3v) is 6.09. The molecular formula is C30H33BN2O12. The van der Waals surface area contributed by atoms with Gasteiger partial charge in [0.1, 0.15) is 11.5 Å². The number of nitro benzene ring substituents is 2. The molecule has 3 rings (SSSR count). The molecule has 0 fully saturated rings. The van der Waals surface area contributed by atoms with Gasteiger partial charge in [0.2, 0.25) is 0 Å². The highest BCUT2D eigenvalue weighted by Gasteiger charge is 2.32. The number of carbonyl (C=O) groups excluding carboxylic acids is 2. The van der Waals surface area contributed by atoms with Crippen molar-refractivity contribution >= 4 is 36.3 Å². The second kappa shape index (κ2) is 19.0. The number of non-ortho nitro benzene ring substituents is 2. The highest BCUT2D eigenvalue weighted by Crippen LogP contribution is 2.20. The van der Waals surface area contributed by atoms with Crippen LogP contribution in [0.4, 0.5) is 21.0 Å². The summed E-state index contributed by atoms with van der Waals surface area (Å²) in [5, 5.41) is 21.7. The number of benzene rings is 3.